The van der Waals surface area contributed by atoms with Crippen LogP contribution in [0.15, 0.2) is 17.5 Å². The van der Waals surface area contributed by atoms with Gasteiger partial charge in [0.05, 0.1) is 16.7 Å². The van der Waals surface area contributed by atoms with Crippen molar-refractivity contribution in [1.82, 2.24) is 4.98 Å². The lowest BCUT2D eigenvalue weighted by Gasteiger charge is -2.09. The SMILES string of the molecule is Cc1cc(C)c([N+](=O)[O-])cc1OCc1csc(N)n1. The molecule has 0 saturated carbocycles. The van der Waals surface area contributed by atoms with Crippen LogP contribution in [0.2, 0.25) is 0 Å². The Morgan fingerprint density at radius 3 is 2.74 bits per heavy atom. The van der Waals surface area contributed by atoms with E-state index in [9.17, 15) is 10.1 Å². The van der Waals surface area contributed by atoms with E-state index in [0.717, 1.165) is 5.56 Å². The van der Waals surface area contributed by atoms with E-state index in [1.54, 1.807) is 18.4 Å². The second-order valence-electron chi connectivity index (χ2n) is 4.13. The number of nitrogens with two attached hydrogens (primary N) is 1. The molecule has 100 valence electrons. The van der Waals surface area contributed by atoms with Crippen molar-refractivity contribution in [2.75, 3.05) is 5.73 Å². The van der Waals surface area contributed by atoms with Gasteiger partial charge >= 0.3 is 0 Å². The van der Waals surface area contributed by atoms with Gasteiger partial charge in [-0.15, -0.1) is 11.3 Å². The molecule has 0 spiro atoms. The van der Waals surface area contributed by atoms with Gasteiger partial charge in [0.15, 0.2) is 5.13 Å². The minimum absolute atomic E-state index is 0.0541. The Balaban J connectivity index is 2.20. The number of ether oxygens (including phenoxy) is 1. The van der Waals surface area contributed by atoms with E-state index >= 15 is 0 Å². The summed E-state index contributed by atoms with van der Waals surface area (Å²) in [5, 5.41) is 13.2. The van der Waals surface area contributed by atoms with E-state index in [1.807, 2.05) is 6.92 Å². The van der Waals surface area contributed by atoms with Gasteiger partial charge in [-0.3, -0.25) is 10.1 Å². The van der Waals surface area contributed by atoms with Crippen molar-refractivity contribution in [2.45, 2.75) is 20.5 Å². The van der Waals surface area contributed by atoms with Gasteiger partial charge in [-0.1, -0.05) is 0 Å². The molecule has 0 aliphatic carbocycles. The van der Waals surface area contributed by atoms with Gasteiger partial charge in [-0.2, -0.15) is 0 Å². The summed E-state index contributed by atoms with van der Waals surface area (Å²) in [6.45, 7) is 3.80. The fourth-order valence-electron chi connectivity index (χ4n) is 1.71. The van der Waals surface area contributed by atoms with Crippen molar-refractivity contribution in [3.05, 3.63) is 44.4 Å². The number of thiazole rings is 1. The highest BCUT2D eigenvalue weighted by Crippen LogP contribution is 2.28. The van der Waals surface area contributed by atoms with Crippen LogP contribution >= 0.6 is 11.3 Å². The summed E-state index contributed by atoms with van der Waals surface area (Å²) in [5.74, 6) is 0.490. The summed E-state index contributed by atoms with van der Waals surface area (Å²) in [4.78, 5) is 14.5. The molecule has 0 unspecified atom stereocenters. The van der Waals surface area contributed by atoms with Gasteiger partial charge < -0.3 is 10.5 Å². The number of aryl methyl sites for hydroxylation is 2. The van der Waals surface area contributed by atoms with Crippen LogP contribution in [0.25, 0.3) is 0 Å². The molecule has 0 amide bonds. The largest absolute Gasteiger partial charge is 0.487 e. The van der Waals surface area contributed by atoms with E-state index in [4.69, 9.17) is 10.5 Å². The first-order valence-electron chi connectivity index (χ1n) is 5.55. The number of hydrogen-bond acceptors (Lipinski definition) is 6. The number of benzene rings is 1. The molecule has 2 rings (SSSR count). The first kappa shape index (κ1) is 13.3. The summed E-state index contributed by atoms with van der Waals surface area (Å²) in [6, 6.07) is 3.18. The van der Waals surface area contributed by atoms with Crippen LogP contribution in [-0.2, 0) is 6.61 Å². The maximum absolute atomic E-state index is 10.9. The molecule has 1 aromatic heterocycles. The molecule has 0 radical (unpaired) electrons. The van der Waals surface area contributed by atoms with E-state index in [1.165, 1.54) is 17.4 Å². The molecule has 1 heterocycles. The smallest absolute Gasteiger partial charge is 0.276 e. The first-order valence-corrected chi connectivity index (χ1v) is 6.43. The summed E-state index contributed by atoms with van der Waals surface area (Å²) < 4.78 is 5.57. The normalized spacial score (nSPS) is 10.4. The summed E-state index contributed by atoms with van der Waals surface area (Å²) in [6.07, 6.45) is 0. The molecule has 0 bridgehead atoms. The molecule has 1 aromatic carbocycles. The third-order valence-electron chi connectivity index (χ3n) is 2.64. The molecular weight excluding hydrogens is 266 g/mol. The fourth-order valence-corrected chi connectivity index (χ4v) is 2.26. The molecule has 0 saturated heterocycles. The summed E-state index contributed by atoms with van der Waals surface area (Å²) in [5.41, 5.74) is 7.76. The number of nitrogens with zero attached hydrogens (tertiary/aromatic N) is 2. The van der Waals surface area contributed by atoms with E-state index in [0.29, 0.717) is 22.1 Å². The number of nitrogen functional groups attached to an aromatic ring is 1. The van der Waals surface area contributed by atoms with Crippen LogP contribution in [0.5, 0.6) is 5.75 Å². The number of rotatable bonds is 4. The average Bonchev–Trinajstić information content (AvgIpc) is 2.73. The zero-order valence-corrected chi connectivity index (χ0v) is 11.4. The standard InChI is InChI=1S/C12H13N3O3S/c1-7-3-8(2)11(4-10(7)15(16)17)18-5-9-6-19-12(13)14-9/h3-4,6H,5H2,1-2H3,(H2,13,14). The third kappa shape index (κ3) is 3.00. The maximum atomic E-state index is 10.9. The summed E-state index contributed by atoms with van der Waals surface area (Å²) in [7, 11) is 0. The number of hydrogen-bond donors (Lipinski definition) is 1. The second-order valence-corrected chi connectivity index (χ2v) is 5.02. The molecule has 0 aliphatic rings. The van der Waals surface area contributed by atoms with Gasteiger partial charge in [0.2, 0.25) is 0 Å². The van der Waals surface area contributed by atoms with Crippen LogP contribution in [0.1, 0.15) is 16.8 Å². The van der Waals surface area contributed by atoms with Crippen LogP contribution < -0.4 is 10.5 Å². The zero-order chi connectivity index (χ0) is 14.0. The highest BCUT2D eigenvalue weighted by atomic mass is 32.1. The Morgan fingerprint density at radius 2 is 2.16 bits per heavy atom. The first-order chi connectivity index (χ1) is 8.97. The van der Waals surface area contributed by atoms with Crippen LogP contribution in [0.3, 0.4) is 0 Å². The van der Waals surface area contributed by atoms with Crippen molar-refractivity contribution >= 4 is 22.2 Å². The third-order valence-corrected chi connectivity index (χ3v) is 3.36. The lowest BCUT2D eigenvalue weighted by molar-refractivity contribution is -0.385. The molecule has 0 fully saturated rings. The predicted octanol–water partition coefficient (Wildman–Crippen LogP) is 2.83. The quantitative estimate of drug-likeness (QED) is 0.686. The zero-order valence-electron chi connectivity index (χ0n) is 10.5. The van der Waals surface area contributed by atoms with Crippen LogP contribution in [-0.4, -0.2) is 9.91 Å². The Hall–Kier alpha value is -2.15. The molecule has 2 N–H and O–H groups in total. The molecular formula is C12H13N3O3S. The highest BCUT2D eigenvalue weighted by molar-refractivity contribution is 7.13. The molecule has 0 aliphatic heterocycles. The van der Waals surface area contributed by atoms with Crippen LogP contribution in [0, 0.1) is 24.0 Å². The number of aromatic nitrogens is 1. The predicted molar refractivity (Wildman–Crippen MR) is 73.4 cm³/mol. The van der Waals surface area contributed by atoms with Crippen molar-refractivity contribution in [3.8, 4) is 5.75 Å². The average molecular weight is 279 g/mol. The monoisotopic (exact) mass is 279 g/mol. The number of anilines is 1. The highest BCUT2D eigenvalue weighted by Gasteiger charge is 2.14. The Labute approximate surface area is 114 Å². The lowest BCUT2D eigenvalue weighted by atomic mass is 10.1. The minimum Gasteiger partial charge on any atom is -0.487 e. The van der Waals surface area contributed by atoms with Crippen LogP contribution in [0.4, 0.5) is 10.8 Å². The van der Waals surface area contributed by atoms with E-state index < -0.39 is 4.92 Å². The fraction of sp³-hybridized carbons (Fsp3) is 0.250. The van der Waals surface area contributed by atoms with Gasteiger partial charge in [0, 0.05) is 10.9 Å². The van der Waals surface area contributed by atoms with Gasteiger partial charge in [0.1, 0.15) is 12.4 Å². The van der Waals surface area contributed by atoms with Gasteiger partial charge in [-0.25, -0.2) is 4.98 Å². The van der Waals surface area contributed by atoms with Crippen molar-refractivity contribution in [2.24, 2.45) is 0 Å². The molecule has 2 aromatic rings. The second kappa shape index (κ2) is 5.23. The van der Waals surface area contributed by atoms with Crippen molar-refractivity contribution in [1.29, 1.82) is 0 Å². The number of nitro benzene ring substituents is 1. The van der Waals surface area contributed by atoms with E-state index in [2.05, 4.69) is 4.98 Å². The van der Waals surface area contributed by atoms with Crippen molar-refractivity contribution < 1.29 is 9.66 Å². The molecule has 19 heavy (non-hydrogen) atoms. The molecule has 6 nitrogen and oxygen atoms in total. The molecule has 0 atom stereocenters. The van der Waals surface area contributed by atoms with Crippen molar-refractivity contribution in [3.63, 3.8) is 0 Å². The Bertz CT molecular complexity index is 625. The summed E-state index contributed by atoms with van der Waals surface area (Å²) >= 11 is 1.33. The number of nitro groups is 1. The van der Waals surface area contributed by atoms with E-state index in [-0.39, 0.29) is 12.3 Å². The minimum atomic E-state index is -0.414. The lowest BCUT2D eigenvalue weighted by Crippen LogP contribution is -2.00. The molecule has 7 heteroatoms. The topological polar surface area (TPSA) is 91.3 Å². The van der Waals surface area contributed by atoms with Gasteiger partial charge in [0.25, 0.3) is 5.69 Å². The maximum Gasteiger partial charge on any atom is 0.276 e. The Morgan fingerprint density at radius 1 is 1.42 bits per heavy atom. The van der Waals surface area contributed by atoms with Gasteiger partial charge in [-0.05, 0) is 25.5 Å². The Kier molecular flexibility index (Phi) is 3.66.